The van der Waals surface area contributed by atoms with Gasteiger partial charge in [0.05, 0.1) is 5.69 Å². The largest absolute Gasteiger partial charge is 0.619 e. The summed E-state index contributed by atoms with van der Waals surface area (Å²) in [7, 11) is -3.61. The molecule has 1 saturated heterocycles. The van der Waals surface area contributed by atoms with Crippen LogP contribution >= 0.6 is 0 Å². The van der Waals surface area contributed by atoms with E-state index in [1.807, 2.05) is 0 Å². The number of rotatable bonds is 8. The van der Waals surface area contributed by atoms with Crippen LogP contribution in [0.3, 0.4) is 0 Å². The predicted octanol–water partition coefficient (Wildman–Crippen LogP) is 4.77. The molecule has 1 fully saturated rings. The summed E-state index contributed by atoms with van der Waals surface area (Å²) >= 11 is 0. The van der Waals surface area contributed by atoms with Gasteiger partial charge in [-0.05, 0) is 55.2 Å². The summed E-state index contributed by atoms with van der Waals surface area (Å²) < 4.78 is 85.1. The molecule has 0 bridgehead atoms. The van der Waals surface area contributed by atoms with Gasteiger partial charge in [0.1, 0.15) is 35.2 Å². The van der Waals surface area contributed by atoms with Crippen molar-refractivity contribution in [3.63, 3.8) is 0 Å². The van der Waals surface area contributed by atoms with Crippen molar-refractivity contribution in [3.8, 4) is 22.4 Å². The highest BCUT2D eigenvalue weighted by Crippen LogP contribution is 2.38. The summed E-state index contributed by atoms with van der Waals surface area (Å²) in [6.45, 7) is -0.140. The van der Waals surface area contributed by atoms with E-state index in [4.69, 9.17) is 9.47 Å². The SMILES string of the molecule is COCN(c1cccc(-c2nn(C3CCCCO3)cc2-c2cc[n+]([O-])cc2)c1F)S(=O)(=O)c1cc(F)ccc1F. The van der Waals surface area contributed by atoms with Gasteiger partial charge in [-0.2, -0.15) is 9.83 Å². The Morgan fingerprint density at radius 1 is 1.12 bits per heavy atom. The van der Waals surface area contributed by atoms with Crippen LogP contribution in [0.15, 0.2) is 72.0 Å². The molecule has 0 aliphatic carbocycles. The number of aromatic nitrogens is 3. The third-order valence-electron chi connectivity index (χ3n) is 6.51. The molecule has 1 unspecified atom stereocenters. The number of methoxy groups -OCH3 is 1. The lowest BCUT2D eigenvalue weighted by atomic mass is 10.0. The van der Waals surface area contributed by atoms with E-state index in [1.54, 1.807) is 23.0 Å². The number of benzene rings is 2. The van der Waals surface area contributed by atoms with Crippen molar-refractivity contribution in [3.05, 3.63) is 89.8 Å². The van der Waals surface area contributed by atoms with E-state index < -0.39 is 44.8 Å². The van der Waals surface area contributed by atoms with Crippen LogP contribution in [0.1, 0.15) is 25.5 Å². The summed E-state index contributed by atoms with van der Waals surface area (Å²) in [5.74, 6) is -3.16. The minimum atomic E-state index is -4.80. The van der Waals surface area contributed by atoms with Crippen molar-refractivity contribution in [2.75, 3.05) is 24.8 Å². The average molecular weight is 575 g/mol. The number of halogens is 3. The zero-order valence-electron chi connectivity index (χ0n) is 21.3. The smallest absolute Gasteiger partial charge is 0.269 e. The normalized spacial score (nSPS) is 15.8. The Hall–Kier alpha value is -3.94. The van der Waals surface area contributed by atoms with Gasteiger partial charge < -0.3 is 14.7 Å². The molecule has 3 heterocycles. The fraction of sp³-hybridized carbons (Fsp3) is 0.259. The lowest BCUT2D eigenvalue weighted by Gasteiger charge is -2.25. The van der Waals surface area contributed by atoms with Gasteiger partial charge in [0.25, 0.3) is 10.0 Å². The van der Waals surface area contributed by atoms with Crippen molar-refractivity contribution < 1.29 is 35.8 Å². The summed E-state index contributed by atoms with van der Waals surface area (Å²) in [6.07, 6.45) is 6.40. The Morgan fingerprint density at radius 2 is 1.90 bits per heavy atom. The second-order valence-electron chi connectivity index (χ2n) is 9.12. The quantitative estimate of drug-likeness (QED) is 0.171. The summed E-state index contributed by atoms with van der Waals surface area (Å²) in [4.78, 5) is -0.969. The van der Waals surface area contributed by atoms with Gasteiger partial charge in [0, 0.05) is 43.2 Å². The third kappa shape index (κ3) is 5.27. The molecule has 210 valence electrons. The van der Waals surface area contributed by atoms with Crippen LogP contribution in [0.2, 0.25) is 0 Å². The Balaban J connectivity index is 1.66. The van der Waals surface area contributed by atoms with Crippen LogP contribution in [0.4, 0.5) is 18.9 Å². The first-order valence-corrected chi connectivity index (χ1v) is 13.8. The molecule has 0 amide bonds. The molecule has 9 nitrogen and oxygen atoms in total. The molecule has 1 aliphatic rings. The maximum atomic E-state index is 16.3. The molecule has 0 radical (unpaired) electrons. The number of hydrogen-bond acceptors (Lipinski definition) is 6. The minimum absolute atomic E-state index is 0.0584. The molecule has 40 heavy (non-hydrogen) atoms. The van der Waals surface area contributed by atoms with Gasteiger partial charge in [0.15, 0.2) is 18.2 Å². The second-order valence-corrected chi connectivity index (χ2v) is 11.0. The van der Waals surface area contributed by atoms with E-state index >= 15 is 4.39 Å². The van der Waals surface area contributed by atoms with E-state index in [0.717, 1.165) is 18.9 Å². The molecule has 1 atom stereocenters. The van der Waals surface area contributed by atoms with Crippen molar-refractivity contribution in [2.24, 2.45) is 0 Å². The molecular weight excluding hydrogens is 549 g/mol. The van der Waals surface area contributed by atoms with Crippen molar-refractivity contribution >= 4 is 15.7 Å². The molecule has 4 aromatic rings. The molecular formula is C27H25F3N4O5S. The van der Waals surface area contributed by atoms with Crippen LogP contribution in [0.5, 0.6) is 0 Å². The zero-order valence-corrected chi connectivity index (χ0v) is 22.2. The highest BCUT2D eigenvalue weighted by molar-refractivity contribution is 7.92. The lowest BCUT2D eigenvalue weighted by Crippen LogP contribution is -2.34. The minimum Gasteiger partial charge on any atom is -0.619 e. The Bertz CT molecular complexity index is 1620. The number of anilines is 1. The van der Waals surface area contributed by atoms with Gasteiger partial charge >= 0.3 is 0 Å². The molecule has 0 N–H and O–H groups in total. The van der Waals surface area contributed by atoms with E-state index in [1.165, 1.54) is 37.7 Å². The van der Waals surface area contributed by atoms with Crippen LogP contribution in [0, 0.1) is 22.7 Å². The fourth-order valence-electron chi connectivity index (χ4n) is 4.55. The molecule has 13 heteroatoms. The van der Waals surface area contributed by atoms with Crippen molar-refractivity contribution in [1.29, 1.82) is 0 Å². The maximum Gasteiger partial charge on any atom is 0.269 e. The van der Waals surface area contributed by atoms with Gasteiger partial charge in [-0.1, -0.05) is 6.07 Å². The second kappa shape index (κ2) is 11.3. The number of sulfonamides is 1. The van der Waals surface area contributed by atoms with E-state index in [9.17, 15) is 22.4 Å². The lowest BCUT2D eigenvalue weighted by molar-refractivity contribution is -0.605. The first-order valence-electron chi connectivity index (χ1n) is 12.4. The van der Waals surface area contributed by atoms with Crippen molar-refractivity contribution in [2.45, 2.75) is 30.4 Å². The standard InChI is InChI=1S/C27H25F3N4O5S/c1-38-17-34(40(36,37)24-15-19(28)8-9-22(24)29)23-6-4-5-20(26(23)30)27-21(18-10-12-32(35)13-11-18)16-33(31-27)25-7-2-3-14-39-25/h4-6,8-13,15-16,25H,2-3,7,14,17H2,1H3. The highest BCUT2D eigenvalue weighted by atomic mass is 32.2. The van der Waals surface area contributed by atoms with E-state index in [-0.39, 0.29) is 17.5 Å². The van der Waals surface area contributed by atoms with Crippen LogP contribution in [-0.2, 0) is 19.5 Å². The Kier molecular flexibility index (Phi) is 7.79. The van der Waals surface area contributed by atoms with Gasteiger partial charge in [-0.15, -0.1) is 0 Å². The van der Waals surface area contributed by atoms with Gasteiger partial charge in [-0.25, -0.2) is 30.6 Å². The zero-order chi connectivity index (χ0) is 28.4. The topological polar surface area (TPSA) is 101 Å². The number of pyridine rings is 1. The highest BCUT2D eigenvalue weighted by Gasteiger charge is 2.32. The molecule has 5 rings (SSSR count). The van der Waals surface area contributed by atoms with Gasteiger partial charge in [-0.3, -0.25) is 0 Å². The average Bonchev–Trinajstić information content (AvgIpc) is 3.39. The first-order chi connectivity index (χ1) is 19.2. The fourth-order valence-corrected chi connectivity index (χ4v) is 6.01. The van der Waals surface area contributed by atoms with Gasteiger partial charge in [0.2, 0.25) is 0 Å². The third-order valence-corrected chi connectivity index (χ3v) is 8.26. The monoisotopic (exact) mass is 574 g/mol. The van der Waals surface area contributed by atoms with Crippen LogP contribution in [0.25, 0.3) is 22.4 Å². The maximum absolute atomic E-state index is 16.3. The molecule has 0 spiro atoms. The number of hydrogen-bond donors (Lipinski definition) is 0. The molecule has 0 saturated carbocycles. The molecule has 2 aromatic heterocycles. The summed E-state index contributed by atoms with van der Waals surface area (Å²) in [6, 6.07) is 9.12. The van der Waals surface area contributed by atoms with Crippen LogP contribution < -0.4 is 9.04 Å². The van der Waals surface area contributed by atoms with Crippen LogP contribution in [-0.4, -0.2) is 38.6 Å². The van der Waals surface area contributed by atoms with E-state index in [2.05, 4.69) is 5.10 Å². The van der Waals surface area contributed by atoms with E-state index in [0.29, 0.717) is 45.3 Å². The molecule has 2 aromatic carbocycles. The van der Waals surface area contributed by atoms with Crippen molar-refractivity contribution in [1.82, 2.24) is 9.78 Å². The predicted molar refractivity (Wildman–Crippen MR) is 139 cm³/mol. The number of nitrogens with zero attached hydrogens (tertiary/aromatic N) is 4. The number of ether oxygens (including phenoxy) is 2. The first kappa shape index (κ1) is 27.6. The Morgan fingerprint density at radius 3 is 2.60 bits per heavy atom. The Labute approximate surface area is 228 Å². The molecule has 1 aliphatic heterocycles. The summed E-state index contributed by atoms with van der Waals surface area (Å²) in [5, 5.41) is 16.3. The summed E-state index contributed by atoms with van der Waals surface area (Å²) in [5.41, 5.74) is 0.698.